The van der Waals surface area contributed by atoms with E-state index in [0.717, 1.165) is 19.4 Å². The van der Waals surface area contributed by atoms with Crippen LogP contribution in [0.1, 0.15) is 19.3 Å². The highest BCUT2D eigenvalue weighted by Crippen LogP contribution is 2.28. The Bertz CT molecular complexity index is 228. The number of rotatable bonds is 2. The smallest absolute Gasteiger partial charge is 0.225 e. The first-order chi connectivity index (χ1) is 6.70. The molecule has 0 unspecified atom stereocenters. The van der Waals surface area contributed by atoms with Gasteiger partial charge in [-0.05, 0) is 12.8 Å². The zero-order valence-electron chi connectivity index (χ0n) is 8.57. The van der Waals surface area contributed by atoms with Crippen molar-refractivity contribution < 1.29 is 9.90 Å². The van der Waals surface area contributed by atoms with Crippen molar-refractivity contribution in [2.24, 2.45) is 5.92 Å². The van der Waals surface area contributed by atoms with Crippen LogP contribution in [0.25, 0.3) is 0 Å². The van der Waals surface area contributed by atoms with Gasteiger partial charge >= 0.3 is 0 Å². The van der Waals surface area contributed by atoms with Crippen LogP contribution in [0, 0.1) is 5.92 Å². The SMILES string of the molecule is CN(C(=O)C1CCC1)[C@H]1CNC[C@@H]1O. The largest absolute Gasteiger partial charge is 0.390 e. The van der Waals surface area contributed by atoms with Crippen LogP contribution in [-0.2, 0) is 4.79 Å². The Morgan fingerprint density at radius 1 is 1.43 bits per heavy atom. The highest BCUT2D eigenvalue weighted by molar-refractivity contribution is 5.79. The molecule has 0 spiro atoms. The Morgan fingerprint density at radius 2 is 2.14 bits per heavy atom. The number of hydrogen-bond donors (Lipinski definition) is 2. The predicted octanol–water partition coefficient (Wildman–Crippen LogP) is -0.422. The van der Waals surface area contributed by atoms with E-state index in [2.05, 4.69) is 5.32 Å². The van der Waals surface area contributed by atoms with Crippen molar-refractivity contribution in [3.8, 4) is 0 Å². The second-order valence-electron chi connectivity index (χ2n) is 4.37. The van der Waals surface area contributed by atoms with E-state index in [9.17, 15) is 9.90 Å². The third-order valence-electron chi connectivity index (χ3n) is 3.45. The number of nitrogens with zero attached hydrogens (tertiary/aromatic N) is 1. The number of amides is 1. The molecule has 2 fully saturated rings. The number of carbonyl (C=O) groups excluding carboxylic acids is 1. The summed E-state index contributed by atoms with van der Waals surface area (Å²) in [6.45, 7) is 1.32. The molecule has 1 amide bonds. The summed E-state index contributed by atoms with van der Waals surface area (Å²) in [5.74, 6) is 0.441. The highest BCUT2D eigenvalue weighted by Gasteiger charge is 2.35. The molecule has 0 aromatic carbocycles. The van der Waals surface area contributed by atoms with Gasteiger partial charge in [-0.25, -0.2) is 0 Å². The van der Waals surface area contributed by atoms with Crippen LogP contribution >= 0.6 is 0 Å². The zero-order chi connectivity index (χ0) is 10.1. The maximum Gasteiger partial charge on any atom is 0.225 e. The van der Waals surface area contributed by atoms with E-state index < -0.39 is 6.10 Å². The average molecular weight is 198 g/mol. The van der Waals surface area contributed by atoms with Gasteiger partial charge in [-0.2, -0.15) is 0 Å². The van der Waals surface area contributed by atoms with Crippen molar-refractivity contribution >= 4 is 5.91 Å². The predicted molar refractivity (Wildman–Crippen MR) is 52.8 cm³/mol. The maximum absolute atomic E-state index is 11.8. The lowest BCUT2D eigenvalue weighted by molar-refractivity contribution is -0.140. The second kappa shape index (κ2) is 3.87. The first-order valence-electron chi connectivity index (χ1n) is 5.35. The van der Waals surface area contributed by atoms with Crippen molar-refractivity contribution in [1.82, 2.24) is 10.2 Å². The normalized spacial score (nSPS) is 32.7. The molecular formula is C10H18N2O2. The van der Waals surface area contributed by atoms with Gasteiger partial charge in [-0.3, -0.25) is 4.79 Å². The number of likely N-dealkylation sites (N-methyl/N-ethyl adjacent to an activating group) is 1. The number of aliphatic hydroxyl groups excluding tert-OH is 1. The summed E-state index contributed by atoms with van der Waals surface area (Å²) in [6.07, 6.45) is 2.83. The minimum atomic E-state index is -0.399. The van der Waals surface area contributed by atoms with Crippen molar-refractivity contribution in [2.75, 3.05) is 20.1 Å². The molecule has 0 radical (unpaired) electrons. The van der Waals surface area contributed by atoms with Gasteiger partial charge in [0, 0.05) is 26.1 Å². The zero-order valence-corrected chi connectivity index (χ0v) is 8.57. The number of aliphatic hydroxyl groups is 1. The molecule has 2 N–H and O–H groups in total. The minimum Gasteiger partial charge on any atom is -0.390 e. The van der Waals surface area contributed by atoms with Gasteiger partial charge in [0.15, 0.2) is 0 Å². The molecule has 1 saturated carbocycles. The van der Waals surface area contributed by atoms with Gasteiger partial charge < -0.3 is 15.3 Å². The van der Waals surface area contributed by atoms with Crippen LogP contribution in [0.2, 0.25) is 0 Å². The van der Waals surface area contributed by atoms with E-state index in [1.165, 1.54) is 6.42 Å². The number of hydrogen-bond acceptors (Lipinski definition) is 3. The fraction of sp³-hybridized carbons (Fsp3) is 0.900. The van der Waals surface area contributed by atoms with Crippen LogP contribution in [0.5, 0.6) is 0 Å². The van der Waals surface area contributed by atoms with Crippen LogP contribution in [0.15, 0.2) is 0 Å². The average Bonchev–Trinajstić information content (AvgIpc) is 2.47. The van der Waals surface area contributed by atoms with Crippen molar-refractivity contribution in [1.29, 1.82) is 0 Å². The molecule has 0 aromatic heterocycles. The number of β-amino-alcohol motifs (C(OH)–C–C–N with tert-alkyl or cyclic N) is 1. The van der Waals surface area contributed by atoms with Crippen molar-refractivity contribution in [2.45, 2.75) is 31.4 Å². The summed E-state index contributed by atoms with van der Waals surface area (Å²) in [5, 5.41) is 12.7. The van der Waals surface area contributed by atoms with Crippen LogP contribution < -0.4 is 5.32 Å². The first-order valence-corrected chi connectivity index (χ1v) is 5.35. The van der Waals surface area contributed by atoms with Gasteiger partial charge in [0.25, 0.3) is 0 Å². The Labute approximate surface area is 84.3 Å². The van der Waals surface area contributed by atoms with E-state index in [1.807, 2.05) is 7.05 Å². The molecule has 4 nitrogen and oxygen atoms in total. The van der Waals surface area contributed by atoms with Gasteiger partial charge in [0.2, 0.25) is 5.91 Å². The molecule has 1 saturated heterocycles. The van der Waals surface area contributed by atoms with Crippen LogP contribution in [-0.4, -0.2) is 48.2 Å². The van der Waals surface area contributed by atoms with Crippen molar-refractivity contribution in [3.63, 3.8) is 0 Å². The van der Waals surface area contributed by atoms with Crippen LogP contribution in [0.4, 0.5) is 0 Å². The number of carbonyl (C=O) groups is 1. The van der Waals surface area contributed by atoms with Gasteiger partial charge in [0.05, 0.1) is 12.1 Å². The second-order valence-corrected chi connectivity index (χ2v) is 4.37. The van der Waals surface area contributed by atoms with Crippen molar-refractivity contribution in [3.05, 3.63) is 0 Å². The molecule has 1 aliphatic heterocycles. The Hall–Kier alpha value is -0.610. The molecule has 14 heavy (non-hydrogen) atoms. The molecule has 80 valence electrons. The molecule has 2 atom stereocenters. The van der Waals surface area contributed by atoms with E-state index in [0.29, 0.717) is 6.54 Å². The van der Waals surface area contributed by atoms with Gasteiger partial charge in [-0.15, -0.1) is 0 Å². The third kappa shape index (κ3) is 1.64. The Morgan fingerprint density at radius 3 is 2.57 bits per heavy atom. The minimum absolute atomic E-state index is 0.0249. The standard InChI is InChI=1S/C10H18N2O2/c1-12(8-5-11-6-9(8)13)10(14)7-3-2-4-7/h7-9,11,13H,2-6H2,1H3/t8-,9-/m0/s1. The molecule has 0 aromatic rings. The fourth-order valence-electron chi connectivity index (χ4n) is 2.15. The molecular weight excluding hydrogens is 180 g/mol. The lowest BCUT2D eigenvalue weighted by Crippen LogP contribution is -2.47. The van der Waals surface area contributed by atoms with E-state index in [1.54, 1.807) is 4.90 Å². The summed E-state index contributed by atoms with van der Waals surface area (Å²) in [5.41, 5.74) is 0. The summed E-state index contributed by atoms with van der Waals surface area (Å²) < 4.78 is 0. The van der Waals surface area contributed by atoms with E-state index >= 15 is 0 Å². The van der Waals surface area contributed by atoms with E-state index in [-0.39, 0.29) is 17.9 Å². The first kappa shape index (κ1) is 9.93. The summed E-state index contributed by atoms with van der Waals surface area (Å²) in [6, 6.07) is -0.0249. The summed E-state index contributed by atoms with van der Waals surface area (Å²) in [4.78, 5) is 13.6. The molecule has 2 aliphatic rings. The van der Waals surface area contributed by atoms with Gasteiger partial charge in [0.1, 0.15) is 0 Å². The lowest BCUT2D eigenvalue weighted by atomic mass is 9.84. The fourth-order valence-corrected chi connectivity index (χ4v) is 2.15. The summed E-state index contributed by atoms with van der Waals surface area (Å²) >= 11 is 0. The Kier molecular flexibility index (Phi) is 2.74. The maximum atomic E-state index is 11.8. The van der Waals surface area contributed by atoms with E-state index in [4.69, 9.17) is 0 Å². The quantitative estimate of drug-likeness (QED) is 0.633. The topological polar surface area (TPSA) is 52.6 Å². The van der Waals surface area contributed by atoms with Crippen LogP contribution in [0.3, 0.4) is 0 Å². The lowest BCUT2D eigenvalue weighted by Gasteiger charge is -2.33. The third-order valence-corrected chi connectivity index (χ3v) is 3.45. The monoisotopic (exact) mass is 198 g/mol. The molecule has 1 aliphatic carbocycles. The highest BCUT2D eigenvalue weighted by atomic mass is 16.3. The Balaban J connectivity index is 1.92. The summed E-state index contributed by atoms with van der Waals surface area (Å²) in [7, 11) is 1.81. The molecule has 0 bridgehead atoms. The van der Waals surface area contributed by atoms with Gasteiger partial charge in [-0.1, -0.05) is 6.42 Å². The number of nitrogens with one attached hydrogen (secondary N) is 1. The molecule has 2 rings (SSSR count). The molecule has 1 heterocycles. The molecule has 4 heteroatoms.